The zero-order chi connectivity index (χ0) is 24.0. The highest BCUT2D eigenvalue weighted by molar-refractivity contribution is 5.67. The number of amides is 1. The number of hydrogen-bond donors (Lipinski definition) is 2. The largest absolute Gasteiger partial charge is 0.453 e. The smallest absolute Gasteiger partial charge is 0.407 e. The Hall–Kier alpha value is -2.45. The molecule has 1 unspecified atom stereocenters. The summed E-state index contributed by atoms with van der Waals surface area (Å²) in [5, 5.41) is 6.54. The Morgan fingerprint density at radius 3 is 2.80 bits per heavy atom. The summed E-state index contributed by atoms with van der Waals surface area (Å²) < 4.78 is 22.4. The number of alkyl carbamates (subject to hydrolysis) is 1. The number of methoxy groups -OCH3 is 1. The van der Waals surface area contributed by atoms with E-state index < -0.39 is 5.54 Å². The van der Waals surface area contributed by atoms with Gasteiger partial charge >= 0.3 is 6.09 Å². The van der Waals surface area contributed by atoms with Crippen molar-refractivity contribution >= 4 is 6.09 Å². The number of carbonyl (C=O) groups excluding carboxylic acids is 1. The van der Waals surface area contributed by atoms with Crippen LogP contribution < -0.4 is 10.6 Å². The van der Waals surface area contributed by atoms with Crippen LogP contribution in [0.15, 0.2) is 30.6 Å². The van der Waals surface area contributed by atoms with E-state index in [1.54, 1.807) is 12.1 Å². The standard InChI is InChI=1S/C27H36FN5O2/c1-35-26(34)31-24-4-2-3-23(24)27(20-5-8-32(9-6-20)17-19-15-29-16-19)21-11-18(12-22(28)14-21)13-25-30-7-10-33(25)27/h7,10-12,14,19-20,23-24,29H,2-6,8-9,13,15-17H2,1H3,(H,31,34)/t23-,24-,27?/m0/s1. The molecule has 2 bridgehead atoms. The zero-order valence-electron chi connectivity index (χ0n) is 20.5. The minimum absolute atomic E-state index is 0.0263. The monoisotopic (exact) mass is 481 g/mol. The third kappa shape index (κ3) is 3.95. The molecule has 6 rings (SSSR count). The normalized spacial score (nSPS) is 29.3. The number of carbonyl (C=O) groups is 1. The van der Waals surface area contributed by atoms with Crippen LogP contribution in [0.3, 0.4) is 0 Å². The van der Waals surface area contributed by atoms with Gasteiger partial charge in [0.05, 0.1) is 12.6 Å². The van der Waals surface area contributed by atoms with Crippen molar-refractivity contribution in [2.24, 2.45) is 17.8 Å². The second kappa shape index (κ2) is 9.21. The van der Waals surface area contributed by atoms with Gasteiger partial charge in [0.2, 0.25) is 0 Å². The third-order valence-corrected chi connectivity index (χ3v) is 9.06. The number of nitrogens with zero attached hydrogens (tertiary/aromatic N) is 3. The van der Waals surface area contributed by atoms with Crippen LogP contribution in [0.1, 0.15) is 49.1 Å². The van der Waals surface area contributed by atoms with E-state index in [2.05, 4.69) is 32.4 Å². The van der Waals surface area contributed by atoms with Crippen molar-refractivity contribution in [2.45, 2.75) is 50.1 Å². The van der Waals surface area contributed by atoms with Gasteiger partial charge in [0.25, 0.3) is 0 Å². The van der Waals surface area contributed by atoms with Gasteiger partial charge in [-0.25, -0.2) is 14.2 Å². The zero-order valence-corrected chi connectivity index (χ0v) is 20.5. The van der Waals surface area contributed by atoms with Gasteiger partial charge in [0.15, 0.2) is 0 Å². The first-order valence-electron chi connectivity index (χ1n) is 13.2. The number of piperidine rings is 1. The number of fused-ring (bicyclic) bond motifs is 3. The molecule has 1 aromatic heterocycles. The predicted octanol–water partition coefficient (Wildman–Crippen LogP) is 3.13. The van der Waals surface area contributed by atoms with Gasteiger partial charge in [-0.2, -0.15) is 0 Å². The first-order chi connectivity index (χ1) is 17.1. The molecule has 4 heterocycles. The van der Waals surface area contributed by atoms with Gasteiger partial charge in [-0.3, -0.25) is 0 Å². The highest BCUT2D eigenvalue weighted by Gasteiger charge is 2.54. The molecule has 1 amide bonds. The lowest BCUT2D eigenvalue weighted by Gasteiger charge is -2.51. The SMILES string of the molecule is COC(=O)N[C@H]1CCC[C@@H]1C1(C2CCN(CC3CNC3)CC2)c2cc(F)cc(c2)Cc2nccn21. The average molecular weight is 482 g/mol. The lowest BCUT2D eigenvalue weighted by atomic mass is 9.64. The Labute approximate surface area is 206 Å². The van der Waals surface area contributed by atoms with Crippen molar-refractivity contribution < 1.29 is 13.9 Å². The predicted molar refractivity (Wildman–Crippen MR) is 131 cm³/mol. The van der Waals surface area contributed by atoms with E-state index >= 15 is 4.39 Å². The van der Waals surface area contributed by atoms with E-state index in [1.165, 1.54) is 7.11 Å². The van der Waals surface area contributed by atoms with Gasteiger partial charge in [0.1, 0.15) is 11.6 Å². The molecule has 188 valence electrons. The number of benzene rings is 1. The molecule has 8 heteroatoms. The Morgan fingerprint density at radius 1 is 1.23 bits per heavy atom. The Balaban J connectivity index is 1.43. The summed E-state index contributed by atoms with van der Waals surface area (Å²) in [5.41, 5.74) is 1.56. The van der Waals surface area contributed by atoms with Crippen molar-refractivity contribution in [2.75, 3.05) is 39.8 Å². The van der Waals surface area contributed by atoms with Crippen molar-refractivity contribution in [1.82, 2.24) is 25.1 Å². The maximum Gasteiger partial charge on any atom is 0.407 e. The maximum absolute atomic E-state index is 15.0. The van der Waals surface area contributed by atoms with Gasteiger partial charge in [-0.1, -0.05) is 12.5 Å². The van der Waals surface area contributed by atoms with Crippen LogP contribution in [-0.4, -0.2) is 66.4 Å². The summed E-state index contributed by atoms with van der Waals surface area (Å²) in [4.78, 5) is 19.7. The molecule has 3 aliphatic heterocycles. The Kier molecular flexibility index (Phi) is 6.05. The fraction of sp³-hybridized carbons (Fsp3) is 0.630. The molecule has 1 aliphatic carbocycles. The number of hydrogen-bond acceptors (Lipinski definition) is 5. The van der Waals surface area contributed by atoms with E-state index in [1.807, 2.05) is 6.20 Å². The number of rotatable bonds is 5. The van der Waals surface area contributed by atoms with Crippen LogP contribution >= 0.6 is 0 Å². The first kappa shape index (κ1) is 23.0. The summed E-state index contributed by atoms with van der Waals surface area (Å²) in [6, 6.07) is 5.57. The minimum Gasteiger partial charge on any atom is -0.453 e. The summed E-state index contributed by atoms with van der Waals surface area (Å²) in [5.74, 6) is 2.02. The molecule has 35 heavy (non-hydrogen) atoms. The maximum atomic E-state index is 15.0. The minimum atomic E-state index is -0.453. The van der Waals surface area contributed by atoms with E-state index in [-0.39, 0.29) is 23.9 Å². The van der Waals surface area contributed by atoms with Crippen LogP contribution in [0, 0.1) is 23.6 Å². The molecular weight excluding hydrogens is 445 g/mol. The number of aromatic nitrogens is 2. The number of ether oxygens (including phenoxy) is 1. The summed E-state index contributed by atoms with van der Waals surface area (Å²) in [6.45, 7) is 5.51. The molecule has 1 aromatic carbocycles. The number of likely N-dealkylation sites (tertiary alicyclic amines) is 1. The molecule has 7 nitrogen and oxygen atoms in total. The fourth-order valence-corrected chi connectivity index (χ4v) is 7.50. The highest BCUT2D eigenvalue weighted by Crippen LogP contribution is 2.53. The van der Waals surface area contributed by atoms with Crippen LogP contribution in [0.2, 0.25) is 0 Å². The highest BCUT2D eigenvalue weighted by atomic mass is 19.1. The van der Waals surface area contributed by atoms with Crippen molar-refractivity contribution in [3.8, 4) is 0 Å². The Morgan fingerprint density at radius 2 is 2.06 bits per heavy atom. The summed E-state index contributed by atoms with van der Waals surface area (Å²) in [7, 11) is 1.42. The van der Waals surface area contributed by atoms with E-state index in [0.29, 0.717) is 12.3 Å². The molecule has 2 aromatic rings. The number of nitrogens with one attached hydrogen (secondary N) is 2. The fourth-order valence-electron chi connectivity index (χ4n) is 7.50. The molecular formula is C27H36FN5O2. The molecule has 1 saturated carbocycles. The molecule has 2 saturated heterocycles. The van der Waals surface area contributed by atoms with Crippen LogP contribution in [0.5, 0.6) is 0 Å². The van der Waals surface area contributed by atoms with Crippen molar-refractivity contribution in [3.05, 3.63) is 53.4 Å². The average Bonchev–Trinajstić information content (AvgIpc) is 3.46. The van der Waals surface area contributed by atoms with Gasteiger partial charge < -0.3 is 24.8 Å². The molecule has 2 N–H and O–H groups in total. The van der Waals surface area contributed by atoms with Crippen LogP contribution in [0.4, 0.5) is 9.18 Å². The third-order valence-electron chi connectivity index (χ3n) is 9.06. The summed E-state index contributed by atoms with van der Waals surface area (Å²) >= 11 is 0. The van der Waals surface area contributed by atoms with E-state index in [9.17, 15) is 4.79 Å². The van der Waals surface area contributed by atoms with Gasteiger partial charge in [-0.15, -0.1) is 0 Å². The van der Waals surface area contributed by atoms with Crippen molar-refractivity contribution in [1.29, 1.82) is 0 Å². The van der Waals surface area contributed by atoms with E-state index in [4.69, 9.17) is 9.72 Å². The molecule has 3 fully saturated rings. The number of imidazole rings is 1. The quantitative estimate of drug-likeness (QED) is 0.687. The topological polar surface area (TPSA) is 71.4 Å². The van der Waals surface area contributed by atoms with Gasteiger partial charge in [0, 0.05) is 50.4 Å². The van der Waals surface area contributed by atoms with Crippen LogP contribution in [0.25, 0.3) is 0 Å². The lowest BCUT2D eigenvalue weighted by Crippen LogP contribution is -2.57. The molecule has 3 atom stereocenters. The second-order valence-corrected chi connectivity index (χ2v) is 10.9. The second-order valence-electron chi connectivity index (χ2n) is 10.9. The molecule has 0 radical (unpaired) electrons. The lowest BCUT2D eigenvalue weighted by molar-refractivity contribution is 0.0446. The number of halogens is 1. The summed E-state index contributed by atoms with van der Waals surface area (Å²) in [6.07, 6.45) is 9.23. The Bertz CT molecular complexity index is 1080. The van der Waals surface area contributed by atoms with Crippen LogP contribution in [-0.2, 0) is 16.7 Å². The van der Waals surface area contributed by atoms with Crippen molar-refractivity contribution in [3.63, 3.8) is 0 Å². The van der Waals surface area contributed by atoms with Gasteiger partial charge in [-0.05, 0) is 73.9 Å². The first-order valence-corrected chi connectivity index (χ1v) is 13.2. The molecule has 0 spiro atoms. The molecule has 4 aliphatic rings. The van der Waals surface area contributed by atoms with E-state index in [0.717, 1.165) is 87.7 Å².